The maximum atomic E-state index is 12.4. The Hall–Kier alpha value is -2.53. The Labute approximate surface area is 148 Å². The number of hydrogen-bond donors (Lipinski definition) is 2. The third kappa shape index (κ3) is 4.51. The molecule has 3 rings (SSSR count). The summed E-state index contributed by atoms with van der Waals surface area (Å²) in [5.41, 5.74) is 3.00. The molecule has 1 heterocycles. The molecule has 1 aliphatic rings. The number of hydrogen-bond acceptors (Lipinski definition) is 3. The molecule has 1 unspecified atom stereocenters. The lowest BCUT2D eigenvalue weighted by Crippen LogP contribution is -2.40. The molecule has 0 radical (unpaired) electrons. The predicted octanol–water partition coefficient (Wildman–Crippen LogP) is 3.56. The van der Waals surface area contributed by atoms with Crippen LogP contribution in [-0.2, 0) is 6.61 Å². The Balaban J connectivity index is 1.60. The van der Waals surface area contributed by atoms with Crippen LogP contribution in [0.15, 0.2) is 48.5 Å². The lowest BCUT2D eigenvalue weighted by atomic mass is 10.1. The van der Waals surface area contributed by atoms with Gasteiger partial charge in [0.15, 0.2) is 0 Å². The molecule has 0 spiro atoms. The van der Waals surface area contributed by atoms with Crippen LogP contribution in [0.3, 0.4) is 0 Å². The first-order valence-corrected chi connectivity index (χ1v) is 8.62. The van der Waals surface area contributed by atoms with Crippen molar-refractivity contribution in [2.75, 3.05) is 18.5 Å². The number of likely N-dealkylation sites (tertiary alicyclic amines) is 1. The van der Waals surface area contributed by atoms with Gasteiger partial charge in [0.05, 0.1) is 12.6 Å². The van der Waals surface area contributed by atoms with Gasteiger partial charge in [-0.2, -0.15) is 0 Å². The van der Waals surface area contributed by atoms with Gasteiger partial charge in [-0.25, -0.2) is 4.79 Å². The van der Waals surface area contributed by atoms with Crippen molar-refractivity contribution in [1.82, 2.24) is 4.90 Å². The van der Waals surface area contributed by atoms with Gasteiger partial charge in [-0.1, -0.05) is 35.9 Å². The zero-order valence-electron chi connectivity index (χ0n) is 14.4. The summed E-state index contributed by atoms with van der Waals surface area (Å²) in [5.74, 6) is 0.708. The lowest BCUT2D eigenvalue weighted by Gasteiger charge is -2.23. The highest BCUT2D eigenvalue weighted by Gasteiger charge is 2.27. The number of aliphatic hydroxyl groups excluding tert-OH is 1. The van der Waals surface area contributed by atoms with Crippen LogP contribution in [0.25, 0.3) is 0 Å². The Bertz CT molecular complexity index is 732. The number of rotatable bonds is 5. The van der Waals surface area contributed by atoms with Gasteiger partial charge < -0.3 is 20.1 Å². The van der Waals surface area contributed by atoms with Crippen molar-refractivity contribution in [2.24, 2.45) is 0 Å². The van der Waals surface area contributed by atoms with Gasteiger partial charge >= 0.3 is 6.03 Å². The first kappa shape index (κ1) is 17.3. The summed E-state index contributed by atoms with van der Waals surface area (Å²) in [6.45, 7) is 3.23. The molecule has 0 aromatic heterocycles. The van der Waals surface area contributed by atoms with E-state index in [1.54, 1.807) is 4.90 Å². The minimum absolute atomic E-state index is 0.00701. The Morgan fingerprint density at radius 3 is 2.92 bits per heavy atom. The van der Waals surface area contributed by atoms with E-state index in [0.29, 0.717) is 24.6 Å². The number of nitrogens with one attached hydrogen (secondary N) is 1. The second-order valence-corrected chi connectivity index (χ2v) is 6.41. The van der Waals surface area contributed by atoms with Crippen molar-refractivity contribution < 1.29 is 14.6 Å². The number of aryl methyl sites for hydroxylation is 1. The van der Waals surface area contributed by atoms with Gasteiger partial charge in [0.2, 0.25) is 0 Å². The Morgan fingerprint density at radius 1 is 1.28 bits per heavy atom. The average Bonchev–Trinajstić information content (AvgIpc) is 3.09. The fourth-order valence-corrected chi connectivity index (χ4v) is 3.12. The van der Waals surface area contributed by atoms with Crippen molar-refractivity contribution in [2.45, 2.75) is 32.4 Å². The maximum absolute atomic E-state index is 12.4. The van der Waals surface area contributed by atoms with Crippen LogP contribution in [0.4, 0.5) is 10.5 Å². The molecule has 0 saturated carbocycles. The standard InChI is InChI=1S/C20H24N2O3/c1-15-5-2-6-16(11-15)14-25-19-9-3-7-17(12-19)21-20(24)22-10-4-8-18(22)13-23/h2-3,5-7,9,11-12,18,23H,4,8,10,13-14H2,1H3,(H,21,24). The summed E-state index contributed by atoms with van der Waals surface area (Å²) in [6.07, 6.45) is 1.78. The molecule has 5 heteroatoms. The van der Waals surface area contributed by atoms with Crippen LogP contribution >= 0.6 is 0 Å². The minimum atomic E-state index is -0.174. The van der Waals surface area contributed by atoms with Crippen molar-refractivity contribution in [1.29, 1.82) is 0 Å². The zero-order chi connectivity index (χ0) is 17.6. The van der Waals surface area contributed by atoms with Gasteiger partial charge in [0.1, 0.15) is 12.4 Å². The van der Waals surface area contributed by atoms with Crippen molar-refractivity contribution in [3.05, 3.63) is 59.7 Å². The van der Waals surface area contributed by atoms with E-state index in [1.165, 1.54) is 5.56 Å². The molecule has 1 aliphatic heterocycles. The smallest absolute Gasteiger partial charge is 0.322 e. The monoisotopic (exact) mass is 340 g/mol. The predicted molar refractivity (Wildman–Crippen MR) is 97.8 cm³/mol. The summed E-state index contributed by atoms with van der Waals surface area (Å²) < 4.78 is 5.83. The van der Waals surface area contributed by atoms with E-state index >= 15 is 0 Å². The number of anilines is 1. The number of ether oxygens (including phenoxy) is 1. The lowest BCUT2D eigenvalue weighted by molar-refractivity contribution is 0.166. The van der Waals surface area contributed by atoms with Crippen molar-refractivity contribution >= 4 is 11.7 Å². The van der Waals surface area contributed by atoms with Gasteiger partial charge in [-0.05, 0) is 37.5 Å². The Kier molecular flexibility index (Phi) is 5.56. The first-order valence-electron chi connectivity index (χ1n) is 8.62. The Morgan fingerprint density at radius 2 is 2.12 bits per heavy atom. The molecule has 2 N–H and O–H groups in total. The third-order valence-corrected chi connectivity index (χ3v) is 4.42. The molecule has 25 heavy (non-hydrogen) atoms. The molecular formula is C20H24N2O3. The van der Waals surface area contributed by atoms with E-state index in [-0.39, 0.29) is 18.7 Å². The second-order valence-electron chi connectivity index (χ2n) is 6.41. The van der Waals surface area contributed by atoms with Gasteiger partial charge in [-0.15, -0.1) is 0 Å². The number of aliphatic hydroxyl groups is 1. The summed E-state index contributed by atoms with van der Waals surface area (Å²) in [7, 11) is 0. The van der Waals surface area contributed by atoms with E-state index in [2.05, 4.69) is 24.4 Å². The number of amides is 2. The molecule has 2 aromatic carbocycles. The summed E-state index contributed by atoms with van der Waals surface area (Å²) >= 11 is 0. The molecule has 132 valence electrons. The van der Waals surface area contributed by atoms with Crippen LogP contribution in [0.1, 0.15) is 24.0 Å². The largest absolute Gasteiger partial charge is 0.489 e. The van der Waals surface area contributed by atoms with Crippen molar-refractivity contribution in [3.8, 4) is 5.75 Å². The highest BCUT2D eigenvalue weighted by molar-refractivity contribution is 5.89. The average molecular weight is 340 g/mol. The molecular weight excluding hydrogens is 316 g/mol. The topological polar surface area (TPSA) is 61.8 Å². The fraction of sp³-hybridized carbons (Fsp3) is 0.350. The van der Waals surface area contributed by atoms with E-state index in [1.807, 2.05) is 36.4 Å². The van der Waals surface area contributed by atoms with E-state index in [9.17, 15) is 9.90 Å². The van der Waals surface area contributed by atoms with Gasteiger partial charge in [0.25, 0.3) is 0 Å². The normalized spacial score (nSPS) is 16.7. The molecule has 2 amide bonds. The zero-order valence-corrected chi connectivity index (χ0v) is 14.4. The number of carbonyl (C=O) groups is 1. The van der Waals surface area contributed by atoms with Gasteiger partial charge in [0, 0.05) is 18.3 Å². The second kappa shape index (κ2) is 8.03. The summed E-state index contributed by atoms with van der Waals surface area (Å²) in [4.78, 5) is 14.1. The van der Waals surface area contributed by atoms with Gasteiger partial charge in [-0.3, -0.25) is 0 Å². The molecule has 5 nitrogen and oxygen atoms in total. The van der Waals surface area contributed by atoms with Crippen LogP contribution in [0.5, 0.6) is 5.75 Å². The SMILES string of the molecule is Cc1cccc(COc2cccc(NC(=O)N3CCCC3CO)c2)c1. The summed E-state index contributed by atoms with van der Waals surface area (Å²) in [5, 5.41) is 12.2. The van der Waals surface area contributed by atoms with E-state index in [0.717, 1.165) is 18.4 Å². The highest BCUT2D eigenvalue weighted by Crippen LogP contribution is 2.22. The molecule has 1 fully saturated rings. The molecule has 2 aromatic rings. The molecule has 1 atom stereocenters. The summed E-state index contributed by atoms with van der Waals surface area (Å²) in [6, 6.07) is 15.3. The number of carbonyl (C=O) groups excluding carboxylic acids is 1. The first-order chi connectivity index (χ1) is 12.2. The van der Waals surface area contributed by atoms with Crippen LogP contribution < -0.4 is 10.1 Å². The van der Waals surface area contributed by atoms with Crippen LogP contribution in [0, 0.1) is 6.92 Å². The number of nitrogens with zero attached hydrogens (tertiary/aromatic N) is 1. The molecule has 0 bridgehead atoms. The van der Waals surface area contributed by atoms with Crippen molar-refractivity contribution in [3.63, 3.8) is 0 Å². The van der Waals surface area contributed by atoms with E-state index < -0.39 is 0 Å². The number of benzene rings is 2. The van der Waals surface area contributed by atoms with E-state index in [4.69, 9.17) is 4.74 Å². The van der Waals surface area contributed by atoms with Crippen LogP contribution in [-0.4, -0.2) is 35.2 Å². The quantitative estimate of drug-likeness (QED) is 0.875. The third-order valence-electron chi connectivity index (χ3n) is 4.42. The number of urea groups is 1. The maximum Gasteiger partial charge on any atom is 0.322 e. The molecule has 1 saturated heterocycles. The van der Waals surface area contributed by atoms with Crippen LogP contribution in [0.2, 0.25) is 0 Å². The molecule has 0 aliphatic carbocycles. The fourth-order valence-electron chi connectivity index (χ4n) is 3.12. The minimum Gasteiger partial charge on any atom is -0.489 e. The highest BCUT2D eigenvalue weighted by atomic mass is 16.5.